The summed E-state index contributed by atoms with van der Waals surface area (Å²) in [5.41, 5.74) is 0. The van der Waals surface area contributed by atoms with Crippen LogP contribution in [0, 0.1) is 0 Å². The zero-order valence-corrected chi connectivity index (χ0v) is 14.6. The summed E-state index contributed by atoms with van der Waals surface area (Å²) < 4.78 is 0. The summed E-state index contributed by atoms with van der Waals surface area (Å²) >= 11 is 3.28. The predicted octanol–water partition coefficient (Wildman–Crippen LogP) is 5.04. The number of ketones is 2. The van der Waals surface area contributed by atoms with E-state index in [9.17, 15) is 9.59 Å². The Balaban J connectivity index is 1.59. The Labute approximate surface area is 141 Å². The van der Waals surface area contributed by atoms with Crippen molar-refractivity contribution in [2.45, 2.75) is 74.7 Å². The molecule has 22 heavy (non-hydrogen) atoms. The van der Waals surface area contributed by atoms with Crippen molar-refractivity contribution in [3.8, 4) is 0 Å². The quantitative estimate of drug-likeness (QED) is 0.674. The van der Waals surface area contributed by atoms with Gasteiger partial charge in [-0.3, -0.25) is 9.59 Å². The van der Waals surface area contributed by atoms with Crippen molar-refractivity contribution >= 4 is 35.1 Å². The molecule has 0 unspecified atom stereocenters. The van der Waals surface area contributed by atoms with Crippen LogP contribution in [0.4, 0.5) is 0 Å². The predicted molar refractivity (Wildman–Crippen MR) is 95.1 cm³/mol. The monoisotopic (exact) mass is 336 g/mol. The van der Waals surface area contributed by atoms with Gasteiger partial charge in [0.1, 0.15) is 0 Å². The topological polar surface area (TPSA) is 34.1 Å². The first-order valence-corrected chi connectivity index (χ1v) is 10.3. The van der Waals surface area contributed by atoms with Gasteiger partial charge in [-0.2, -0.15) is 0 Å². The summed E-state index contributed by atoms with van der Waals surface area (Å²) in [4.78, 5) is 26.0. The second-order valence-electron chi connectivity index (χ2n) is 6.50. The van der Waals surface area contributed by atoms with E-state index in [4.69, 9.17) is 0 Å². The first-order valence-electron chi connectivity index (χ1n) is 8.58. The maximum absolute atomic E-state index is 12.3. The molecule has 2 nitrogen and oxygen atoms in total. The van der Waals surface area contributed by atoms with E-state index in [1.807, 2.05) is 0 Å². The van der Waals surface area contributed by atoms with Crippen LogP contribution in [0.25, 0.3) is 0 Å². The first-order chi connectivity index (χ1) is 10.7. The third-order valence-electron chi connectivity index (χ3n) is 4.70. The van der Waals surface area contributed by atoms with Gasteiger partial charge in [-0.05, 0) is 25.7 Å². The lowest BCUT2D eigenvalue weighted by Crippen LogP contribution is -2.16. The standard InChI is InChI=1S/C18H24O2S2/c19-15-12-18(22-14-9-5-2-6-10-14)16(20)11-17(15)21-13-7-3-1-4-8-13/h11-14H,1-10H2. The first kappa shape index (κ1) is 16.4. The Kier molecular flexibility index (Phi) is 5.86. The minimum atomic E-state index is 0.0495. The molecule has 0 saturated heterocycles. The minimum absolute atomic E-state index is 0.0495. The molecule has 0 aliphatic heterocycles. The van der Waals surface area contributed by atoms with Gasteiger partial charge in [0.25, 0.3) is 0 Å². The summed E-state index contributed by atoms with van der Waals surface area (Å²) in [5, 5.41) is 1.05. The van der Waals surface area contributed by atoms with Crippen molar-refractivity contribution < 1.29 is 9.59 Å². The highest BCUT2D eigenvalue weighted by atomic mass is 32.2. The number of carbonyl (C=O) groups excluding carboxylic acids is 2. The van der Waals surface area contributed by atoms with Gasteiger partial charge in [0, 0.05) is 22.7 Å². The molecule has 3 rings (SSSR count). The van der Waals surface area contributed by atoms with Crippen molar-refractivity contribution in [2.75, 3.05) is 0 Å². The molecule has 0 amide bonds. The van der Waals surface area contributed by atoms with Gasteiger partial charge < -0.3 is 0 Å². The third kappa shape index (κ3) is 4.29. The van der Waals surface area contributed by atoms with E-state index in [0.29, 0.717) is 20.3 Å². The molecule has 0 atom stereocenters. The normalized spacial score (nSPS) is 25.1. The lowest BCUT2D eigenvalue weighted by Gasteiger charge is -2.24. The molecule has 2 saturated carbocycles. The molecule has 120 valence electrons. The van der Waals surface area contributed by atoms with E-state index in [0.717, 1.165) is 0 Å². The molecule has 0 spiro atoms. The highest BCUT2D eigenvalue weighted by Crippen LogP contribution is 2.38. The van der Waals surface area contributed by atoms with Gasteiger partial charge in [-0.25, -0.2) is 0 Å². The van der Waals surface area contributed by atoms with E-state index >= 15 is 0 Å². The van der Waals surface area contributed by atoms with E-state index < -0.39 is 0 Å². The van der Waals surface area contributed by atoms with Gasteiger partial charge in [0.15, 0.2) is 11.6 Å². The van der Waals surface area contributed by atoms with Crippen LogP contribution in [0.2, 0.25) is 0 Å². The average Bonchev–Trinajstić information content (AvgIpc) is 2.54. The van der Waals surface area contributed by atoms with Crippen LogP contribution in [0.15, 0.2) is 22.0 Å². The molecular formula is C18H24O2S2. The molecule has 3 aliphatic rings. The second kappa shape index (κ2) is 7.87. The molecule has 0 radical (unpaired) electrons. The summed E-state index contributed by atoms with van der Waals surface area (Å²) in [6.07, 6.45) is 15.6. The van der Waals surface area contributed by atoms with Crippen molar-refractivity contribution in [1.82, 2.24) is 0 Å². The molecule has 2 fully saturated rings. The smallest absolute Gasteiger partial charge is 0.193 e. The summed E-state index contributed by atoms with van der Waals surface area (Å²) in [7, 11) is 0. The molecular weight excluding hydrogens is 312 g/mol. The number of hydrogen-bond acceptors (Lipinski definition) is 4. The third-order valence-corrected chi connectivity index (χ3v) is 7.46. The lowest BCUT2D eigenvalue weighted by molar-refractivity contribution is -0.114. The minimum Gasteiger partial charge on any atom is -0.289 e. The van der Waals surface area contributed by atoms with E-state index in [-0.39, 0.29) is 11.6 Å². The number of carbonyl (C=O) groups is 2. The van der Waals surface area contributed by atoms with Crippen molar-refractivity contribution in [1.29, 1.82) is 0 Å². The van der Waals surface area contributed by atoms with Gasteiger partial charge in [0.2, 0.25) is 0 Å². The molecule has 0 aromatic carbocycles. The molecule has 4 heteroatoms. The Bertz CT molecular complexity index is 449. The number of rotatable bonds is 4. The van der Waals surface area contributed by atoms with Crippen molar-refractivity contribution in [3.05, 3.63) is 22.0 Å². The van der Waals surface area contributed by atoms with Gasteiger partial charge in [-0.15, -0.1) is 23.5 Å². The van der Waals surface area contributed by atoms with Crippen LogP contribution < -0.4 is 0 Å². The van der Waals surface area contributed by atoms with Crippen LogP contribution in [0.5, 0.6) is 0 Å². The molecule has 0 aromatic heterocycles. The van der Waals surface area contributed by atoms with E-state index in [2.05, 4.69) is 0 Å². The maximum atomic E-state index is 12.3. The molecule has 3 aliphatic carbocycles. The SMILES string of the molecule is O=C1C=C(SC2CCCCC2)C(=O)C=C1SC1CCCCC1. The fourth-order valence-electron chi connectivity index (χ4n) is 3.43. The Morgan fingerprint density at radius 2 is 1.00 bits per heavy atom. The molecule has 0 bridgehead atoms. The molecule has 0 heterocycles. The number of hydrogen-bond donors (Lipinski definition) is 0. The van der Waals surface area contributed by atoms with Crippen molar-refractivity contribution in [3.63, 3.8) is 0 Å². The highest BCUT2D eigenvalue weighted by Gasteiger charge is 2.26. The number of thioether (sulfide) groups is 2. The average molecular weight is 337 g/mol. The zero-order valence-electron chi connectivity index (χ0n) is 13.0. The molecule has 0 N–H and O–H groups in total. The van der Waals surface area contributed by atoms with Crippen LogP contribution in [-0.4, -0.2) is 22.1 Å². The largest absolute Gasteiger partial charge is 0.289 e. The lowest BCUT2D eigenvalue weighted by atomic mass is 10.0. The Hall–Kier alpha value is -0.480. The zero-order chi connectivity index (χ0) is 15.4. The van der Waals surface area contributed by atoms with Crippen LogP contribution >= 0.6 is 23.5 Å². The van der Waals surface area contributed by atoms with Gasteiger partial charge in [0.05, 0.1) is 9.81 Å². The fourth-order valence-corrected chi connectivity index (χ4v) is 5.99. The Morgan fingerprint density at radius 3 is 1.36 bits per heavy atom. The van der Waals surface area contributed by atoms with Crippen LogP contribution in [0.3, 0.4) is 0 Å². The van der Waals surface area contributed by atoms with Crippen LogP contribution in [-0.2, 0) is 9.59 Å². The van der Waals surface area contributed by atoms with E-state index in [1.54, 1.807) is 35.7 Å². The summed E-state index contributed by atoms with van der Waals surface area (Å²) in [6, 6.07) is 0. The van der Waals surface area contributed by atoms with E-state index in [1.165, 1.54) is 64.2 Å². The fraction of sp³-hybridized carbons (Fsp3) is 0.667. The van der Waals surface area contributed by atoms with Crippen molar-refractivity contribution in [2.24, 2.45) is 0 Å². The summed E-state index contributed by atoms with van der Waals surface area (Å²) in [5.74, 6) is 0.0990. The van der Waals surface area contributed by atoms with Gasteiger partial charge in [-0.1, -0.05) is 38.5 Å². The van der Waals surface area contributed by atoms with Crippen LogP contribution in [0.1, 0.15) is 64.2 Å². The Morgan fingerprint density at radius 1 is 0.636 bits per heavy atom. The summed E-state index contributed by atoms with van der Waals surface area (Å²) in [6.45, 7) is 0. The highest BCUT2D eigenvalue weighted by molar-refractivity contribution is 8.05. The molecule has 0 aromatic rings. The maximum Gasteiger partial charge on any atom is 0.193 e. The number of allylic oxidation sites excluding steroid dienone is 4. The van der Waals surface area contributed by atoms with Gasteiger partial charge >= 0.3 is 0 Å². The second-order valence-corrected chi connectivity index (χ2v) is 9.19.